The SMILES string of the molecule is C.C.ClC1CCCCCCN1. The quantitative estimate of drug-likeness (QED) is 0.444. The molecule has 1 nitrogen and oxygen atoms in total. The first-order valence-corrected chi connectivity index (χ1v) is 4.21. The van der Waals surface area contributed by atoms with E-state index in [1.807, 2.05) is 0 Å². The number of hydrogen-bond acceptors (Lipinski definition) is 1. The van der Waals surface area contributed by atoms with Gasteiger partial charge in [0, 0.05) is 0 Å². The van der Waals surface area contributed by atoms with Gasteiger partial charge in [-0.1, -0.05) is 34.1 Å². The van der Waals surface area contributed by atoms with E-state index in [2.05, 4.69) is 5.32 Å². The van der Waals surface area contributed by atoms with Crippen LogP contribution >= 0.6 is 11.6 Å². The first-order valence-electron chi connectivity index (χ1n) is 3.77. The summed E-state index contributed by atoms with van der Waals surface area (Å²) in [4.78, 5) is 0. The molecule has 1 heterocycles. The highest BCUT2D eigenvalue weighted by Gasteiger charge is 2.04. The number of rotatable bonds is 0. The van der Waals surface area contributed by atoms with Crippen LogP contribution in [0.1, 0.15) is 47.0 Å². The third-order valence-corrected chi connectivity index (χ3v) is 2.12. The summed E-state index contributed by atoms with van der Waals surface area (Å²) in [5.74, 6) is 0. The molecule has 0 aromatic rings. The zero-order valence-electron chi connectivity index (χ0n) is 5.70. The highest BCUT2D eigenvalue weighted by atomic mass is 35.5. The summed E-state index contributed by atoms with van der Waals surface area (Å²) >= 11 is 5.88. The average molecular weight is 180 g/mol. The highest BCUT2D eigenvalue weighted by Crippen LogP contribution is 2.10. The molecule has 0 radical (unpaired) electrons. The summed E-state index contributed by atoms with van der Waals surface area (Å²) in [6.45, 7) is 1.11. The predicted molar refractivity (Wildman–Crippen MR) is 54.2 cm³/mol. The van der Waals surface area contributed by atoms with Crippen molar-refractivity contribution in [2.45, 2.75) is 52.5 Å². The van der Waals surface area contributed by atoms with Crippen LogP contribution < -0.4 is 5.32 Å². The van der Waals surface area contributed by atoms with E-state index in [0.717, 1.165) is 13.0 Å². The lowest BCUT2D eigenvalue weighted by atomic mass is 10.1. The minimum absolute atomic E-state index is 0. The molecule has 1 aliphatic heterocycles. The molecule has 1 saturated heterocycles. The van der Waals surface area contributed by atoms with Crippen LogP contribution in [0.4, 0.5) is 0 Å². The Morgan fingerprint density at radius 3 is 2.36 bits per heavy atom. The molecule has 70 valence electrons. The molecule has 1 atom stereocenters. The second-order valence-electron chi connectivity index (χ2n) is 2.62. The number of alkyl halides is 1. The van der Waals surface area contributed by atoms with Crippen LogP contribution in [0.3, 0.4) is 0 Å². The first-order chi connectivity index (χ1) is 4.39. The molecule has 0 saturated carbocycles. The van der Waals surface area contributed by atoms with E-state index in [4.69, 9.17) is 11.6 Å². The second kappa shape index (κ2) is 8.35. The number of hydrogen-bond donors (Lipinski definition) is 1. The summed E-state index contributed by atoms with van der Waals surface area (Å²) in [6, 6.07) is 0. The lowest BCUT2D eigenvalue weighted by molar-refractivity contribution is 0.490. The Morgan fingerprint density at radius 1 is 1.00 bits per heavy atom. The maximum Gasteiger partial charge on any atom is 0.0825 e. The summed E-state index contributed by atoms with van der Waals surface area (Å²) in [5, 5.41) is 3.25. The summed E-state index contributed by atoms with van der Waals surface area (Å²) in [5.41, 5.74) is 0.241. The van der Waals surface area contributed by atoms with Gasteiger partial charge < -0.3 is 5.32 Å². The van der Waals surface area contributed by atoms with Gasteiger partial charge in [-0.25, -0.2) is 0 Å². The Kier molecular flexibility index (Phi) is 10.5. The Balaban J connectivity index is 0. The number of nitrogens with one attached hydrogen (secondary N) is 1. The highest BCUT2D eigenvalue weighted by molar-refractivity contribution is 6.20. The van der Waals surface area contributed by atoms with E-state index in [9.17, 15) is 0 Å². The van der Waals surface area contributed by atoms with Crippen LogP contribution in [-0.2, 0) is 0 Å². The standard InChI is InChI=1S/C7H14ClN.2CH4/c8-7-5-3-1-2-4-6-9-7;;/h7,9H,1-6H2;2*1H4. The maximum atomic E-state index is 5.88. The van der Waals surface area contributed by atoms with E-state index in [1.165, 1.54) is 25.7 Å². The van der Waals surface area contributed by atoms with Crippen molar-refractivity contribution in [3.05, 3.63) is 0 Å². The molecular weight excluding hydrogens is 158 g/mol. The van der Waals surface area contributed by atoms with E-state index >= 15 is 0 Å². The van der Waals surface area contributed by atoms with Gasteiger partial charge in [-0.15, -0.1) is 11.6 Å². The Hall–Kier alpha value is 0.250. The third-order valence-electron chi connectivity index (χ3n) is 1.75. The monoisotopic (exact) mass is 179 g/mol. The topological polar surface area (TPSA) is 12.0 Å². The maximum absolute atomic E-state index is 5.88. The lowest BCUT2D eigenvalue weighted by Crippen LogP contribution is -2.26. The summed E-state index contributed by atoms with van der Waals surface area (Å²) in [7, 11) is 0. The van der Waals surface area contributed by atoms with E-state index < -0.39 is 0 Å². The van der Waals surface area contributed by atoms with E-state index in [0.29, 0.717) is 0 Å². The van der Waals surface area contributed by atoms with Crippen LogP contribution in [0.25, 0.3) is 0 Å². The normalized spacial score (nSPS) is 25.4. The Labute approximate surface area is 76.5 Å². The molecule has 1 unspecified atom stereocenters. The van der Waals surface area contributed by atoms with Crippen molar-refractivity contribution >= 4 is 11.6 Å². The van der Waals surface area contributed by atoms with Gasteiger partial charge in [0.2, 0.25) is 0 Å². The van der Waals surface area contributed by atoms with Gasteiger partial charge in [0.1, 0.15) is 0 Å². The Morgan fingerprint density at radius 2 is 1.64 bits per heavy atom. The van der Waals surface area contributed by atoms with Crippen molar-refractivity contribution in [3.8, 4) is 0 Å². The van der Waals surface area contributed by atoms with Crippen molar-refractivity contribution in [2.24, 2.45) is 0 Å². The average Bonchev–Trinajstić information content (AvgIpc) is 1.79. The molecule has 2 heteroatoms. The van der Waals surface area contributed by atoms with Gasteiger partial charge >= 0.3 is 0 Å². The van der Waals surface area contributed by atoms with Crippen LogP contribution in [0.15, 0.2) is 0 Å². The fourth-order valence-corrected chi connectivity index (χ4v) is 1.43. The van der Waals surface area contributed by atoms with Crippen molar-refractivity contribution in [1.82, 2.24) is 5.32 Å². The zero-order chi connectivity index (χ0) is 6.53. The van der Waals surface area contributed by atoms with E-state index in [-0.39, 0.29) is 20.4 Å². The predicted octanol–water partition coefficient (Wildman–Crippen LogP) is 3.38. The summed E-state index contributed by atoms with van der Waals surface area (Å²) in [6.07, 6.45) is 6.47. The van der Waals surface area contributed by atoms with Gasteiger partial charge in [-0.05, 0) is 19.4 Å². The van der Waals surface area contributed by atoms with E-state index in [1.54, 1.807) is 0 Å². The summed E-state index contributed by atoms with van der Waals surface area (Å²) < 4.78 is 0. The van der Waals surface area contributed by atoms with Crippen LogP contribution in [0.2, 0.25) is 0 Å². The molecular formula is C9H22ClN. The molecule has 0 aromatic carbocycles. The van der Waals surface area contributed by atoms with Gasteiger partial charge in [0.25, 0.3) is 0 Å². The molecule has 0 aliphatic carbocycles. The largest absolute Gasteiger partial charge is 0.301 e. The van der Waals surface area contributed by atoms with Crippen LogP contribution in [0.5, 0.6) is 0 Å². The van der Waals surface area contributed by atoms with Gasteiger partial charge in [0.05, 0.1) is 5.50 Å². The fourth-order valence-electron chi connectivity index (χ4n) is 1.16. The third kappa shape index (κ3) is 6.64. The zero-order valence-corrected chi connectivity index (χ0v) is 6.45. The van der Waals surface area contributed by atoms with Gasteiger partial charge in [0.15, 0.2) is 0 Å². The minimum Gasteiger partial charge on any atom is -0.301 e. The van der Waals surface area contributed by atoms with Crippen molar-refractivity contribution < 1.29 is 0 Å². The molecule has 0 aromatic heterocycles. The minimum atomic E-state index is 0. The Bertz CT molecular complexity index is 68.0. The molecule has 11 heavy (non-hydrogen) atoms. The van der Waals surface area contributed by atoms with Crippen molar-refractivity contribution in [2.75, 3.05) is 6.54 Å². The lowest BCUT2D eigenvalue weighted by Gasteiger charge is -2.14. The smallest absolute Gasteiger partial charge is 0.0825 e. The molecule has 0 spiro atoms. The fraction of sp³-hybridized carbons (Fsp3) is 1.00. The molecule has 0 amide bonds. The van der Waals surface area contributed by atoms with Crippen molar-refractivity contribution in [3.63, 3.8) is 0 Å². The molecule has 0 bridgehead atoms. The number of halogens is 1. The van der Waals surface area contributed by atoms with Crippen LogP contribution in [0, 0.1) is 0 Å². The van der Waals surface area contributed by atoms with Crippen molar-refractivity contribution in [1.29, 1.82) is 0 Å². The molecule has 1 aliphatic rings. The molecule has 1 rings (SSSR count). The molecule has 1 fully saturated rings. The van der Waals surface area contributed by atoms with Crippen LogP contribution in [-0.4, -0.2) is 12.0 Å². The van der Waals surface area contributed by atoms with Gasteiger partial charge in [-0.3, -0.25) is 0 Å². The first kappa shape index (κ1) is 13.8. The van der Waals surface area contributed by atoms with Gasteiger partial charge in [-0.2, -0.15) is 0 Å². The molecule has 1 N–H and O–H groups in total. The second-order valence-corrected chi connectivity index (χ2v) is 3.15.